The molecule has 13 heavy (non-hydrogen) atoms. The molecule has 1 atom stereocenters. The van der Waals surface area contributed by atoms with E-state index in [1.54, 1.807) is 19.1 Å². The van der Waals surface area contributed by atoms with Crippen molar-refractivity contribution in [1.82, 2.24) is 0 Å². The molecule has 0 radical (unpaired) electrons. The molecule has 0 spiro atoms. The first-order valence-electron chi connectivity index (χ1n) is 4.12. The molecule has 0 aliphatic heterocycles. The van der Waals surface area contributed by atoms with Crippen molar-refractivity contribution in [3.63, 3.8) is 0 Å². The van der Waals surface area contributed by atoms with Gasteiger partial charge in [-0.1, -0.05) is 17.7 Å². The van der Waals surface area contributed by atoms with Gasteiger partial charge in [0.25, 0.3) is 0 Å². The molecule has 70 valence electrons. The zero-order chi connectivity index (χ0) is 10.0. The van der Waals surface area contributed by atoms with E-state index >= 15 is 0 Å². The number of carbonyl (C=O) groups is 1. The lowest BCUT2D eigenvalue weighted by Gasteiger charge is -2.10. The zero-order valence-electron chi connectivity index (χ0n) is 7.74. The SMILES string of the molecule is Cc1ccc(C(=O)O)c(C(C)N)c1. The van der Waals surface area contributed by atoms with E-state index < -0.39 is 5.97 Å². The molecule has 1 unspecified atom stereocenters. The summed E-state index contributed by atoms with van der Waals surface area (Å²) in [6.07, 6.45) is 0. The lowest BCUT2D eigenvalue weighted by molar-refractivity contribution is 0.0695. The first kappa shape index (κ1) is 9.74. The summed E-state index contributed by atoms with van der Waals surface area (Å²) in [5.74, 6) is -0.924. The fraction of sp³-hybridized carbons (Fsp3) is 0.300. The van der Waals surface area contributed by atoms with Crippen molar-refractivity contribution in [2.24, 2.45) is 5.73 Å². The number of benzene rings is 1. The van der Waals surface area contributed by atoms with Crippen molar-refractivity contribution in [2.45, 2.75) is 19.9 Å². The number of rotatable bonds is 2. The van der Waals surface area contributed by atoms with E-state index in [9.17, 15) is 4.79 Å². The minimum atomic E-state index is -0.924. The van der Waals surface area contributed by atoms with Crippen LogP contribution in [0, 0.1) is 6.92 Å². The van der Waals surface area contributed by atoms with Gasteiger partial charge in [0.15, 0.2) is 0 Å². The van der Waals surface area contributed by atoms with Crippen molar-refractivity contribution < 1.29 is 9.90 Å². The molecule has 0 heterocycles. The monoisotopic (exact) mass is 179 g/mol. The second kappa shape index (κ2) is 3.58. The normalized spacial score (nSPS) is 12.5. The third-order valence-corrected chi connectivity index (χ3v) is 1.93. The van der Waals surface area contributed by atoms with Crippen molar-refractivity contribution in [2.75, 3.05) is 0 Å². The number of aryl methyl sites for hydroxylation is 1. The quantitative estimate of drug-likeness (QED) is 0.726. The van der Waals surface area contributed by atoms with Crippen molar-refractivity contribution in [3.05, 3.63) is 34.9 Å². The van der Waals surface area contributed by atoms with Gasteiger partial charge >= 0.3 is 5.97 Å². The molecule has 0 aliphatic carbocycles. The van der Waals surface area contributed by atoms with Gasteiger partial charge in [0, 0.05) is 6.04 Å². The van der Waals surface area contributed by atoms with E-state index in [1.807, 2.05) is 13.0 Å². The summed E-state index contributed by atoms with van der Waals surface area (Å²) < 4.78 is 0. The van der Waals surface area contributed by atoms with Gasteiger partial charge < -0.3 is 10.8 Å². The Morgan fingerprint density at radius 3 is 2.62 bits per heavy atom. The van der Waals surface area contributed by atoms with Gasteiger partial charge in [-0.05, 0) is 25.5 Å². The highest BCUT2D eigenvalue weighted by molar-refractivity contribution is 5.89. The Balaban J connectivity index is 3.26. The Hall–Kier alpha value is -1.35. The molecule has 0 aliphatic rings. The summed E-state index contributed by atoms with van der Waals surface area (Å²) in [6, 6.07) is 4.94. The molecule has 3 nitrogen and oxygen atoms in total. The highest BCUT2D eigenvalue weighted by Crippen LogP contribution is 2.17. The predicted molar refractivity (Wildman–Crippen MR) is 50.7 cm³/mol. The van der Waals surface area contributed by atoms with E-state index in [2.05, 4.69) is 0 Å². The highest BCUT2D eigenvalue weighted by Gasteiger charge is 2.12. The van der Waals surface area contributed by atoms with Crippen LogP contribution in [0.5, 0.6) is 0 Å². The number of aromatic carboxylic acids is 1. The topological polar surface area (TPSA) is 63.3 Å². The second-order valence-electron chi connectivity index (χ2n) is 3.18. The average Bonchev–Trinajstić information content (AvgIpc) is 2.03. The third kappa shape index (κ3) is 2.06. The van der Waals surface area contributed by atoms with Gasteiger partial charge in [0.1, 0.15) is 0 Å². The maximum absolute atomic E-state index is 10.8. The molecule has 3 N–H and O–H groups in total. The molecule has 0 saturated carbocycles. The van der Waals surface area contributed by atoms with E-state index in [4.69, 9.17) is 10.8 Å². The first-order valence-corrected chi connectivity index (χ1v) is 4.12. The number of carboxylic acid groups (broad SMARTS) is 1. The van der Waals surface area contributed by atoms with Crippen LogP contribution < -0.4 is 5.73 Å². The second-order valence-corrected chi connectivity index (χ2v) is 3.18. The van der Waals surface area contributed by atoms with Crippen LogP contribution in [0.4, 0.5) is 0 Å². The molecule has 0 bridgehead atoms. The van der Waals surface area contributed by atoms with E-state index in [0.717, 1.165) is 5.56 Å². The molecule has 0 amide bonds. The van der Waals surface area contributed by atoms with Crippen molar-refractivity contribution in [1.29, 1.82) is 0 Å². The van der Waals surface area contributed by atoms with Crippen LogP contribution >= 0.6 is 0 Å². The molecular weight excluding hydrogens is 166 g/mol. The van der Waals surface area contributed by atoms with E-state index in [1.165, 1.54) is 0 Å². The van der Waals surface area contributed by atoms with E-state index in [0.29, 0.717) is 11.1 Å². The van der Waals surface area contributed by atoms with Gasteiger partial charge in [-0.2, -0.15) is 0 Å². The highest BCUT2D eigenvalue weighted by atomic mass is 16.4. The molecule has 1 aromatic rings. The summed E-state index contributed by atoms with van der Waals surface area (Å²) in [6.45, 7) is 3.69. The third-order valence-electron chi connectivity index (χ3n) is 1.93. The van der Waals surface area contributed by atoms with Crippen LogP contribution in [-0.2, 0) is 0 Å². The van der Waals surface area contributed by atoms with E-state index in [-0.39, 0.29) is 6.04 Å². The van der Waals surface area contributed by atoms with Gasteiger partial charge in [-0.25, -0.2) is 4.79 Å². The maximum Gasteiger partial charge on any atom is 0.336 e. The summed E-state index contributed by atoms with van der Waals surface area (Å²) >= 11 is 0. The lowest BCUT2D eigenvalue weighted by atomic mass is 10.00. The van der Waals surface area contributed by atoms with Crippen LogP contribution in [-0.4, -0.2) is 11.1 Å². The molecule has 1 aromatic carbocycles. The molecule has 3 heteroatoms. The summed E-state index contributed by atoms with van der Waals surface area (Å²) in [5, 5.41) is 8.85. The number of nitrogens with two attached hydrogens (primary N) is 1. The first-order chi connectivity index (χ1) is 6.02. The Bertz CT molecular complexity index is 332. The Kier molecular flexibility index (Phi) is 2.68. The molecule has 0 fully saturated rings. The Morgan fingerprint density at radius 1 is 1.54 bits per heavy atom. The molecular formula is C10H13NO2. The smallest absolute Gasteiger partial charge is 0.336 e. The predicted octanol–water partition coefficient (Wildman–Crippen LogP) is 1.71. The maximum atomic E-state index is 10.8. The summed E-state index contributed by atoms with van der Waals surface area (Å²) in [5.41, 5.74) is 7.66. The van der Waals surface area contributed by atoms with Crippen LogP contribution in [0.25, 0.3) is 0 Å². The number of hydrogen-bond acceptors (Lipinski definition) is 2. The van der Waals surface area contributed by atoms with Gasteiger partial charge in [-0.3, -0.25) is 0 Å². The summed E-state index contributed by atoms with van der Waals surface area (Å²) in [4.78, 5) is 10.8. The van der Waals surface area contributed by atoms with Crippen molar-refractivity contribution in [3.8, 4) is 0 Å². The lowest BCUT2D eigenvalue weighted by Crippen LogP contribution is -2.11. The number of hydrogen-bond donors (Lipinski definition) is 2. The van der Waals surface area contributed by atoms with Crippen LogP contribution in [0.3, 0.4) is 0 Å². The fourth-order valence-corrected chi connectivity index (χ4v) is 1.25. The fourth-order valence-electron chi connectivity index (χ4n) is 1.25. The average molecular weight is 179 g/mol. The van der Waals surface area contributed by atoms with Crippen LogP contribution in [0.15, 0.2) is 18.2 Å². The minimum absolute atomic E-state index is 0.244. The standard InChI is InChI=1S/C10H13NO2/c1-6-3-4-8(10(12)13)9(5-6)7(2)11/h3-5,7H,11H2,1-2H3,(H,12,13). The number of carboxylic acids is 1. The van der Waals surface area contributed by atoms with Gasteiger partial charge in [0.2, 0.25) is 0 Å². The molecule has 1 rings (SSSR count). The zero-order valence-corrected chi connectivity index (χ0v) is 7.74. The summed E-state index contributed by atoms with van der Waals surface area (Å²) in [7, 11) is 0. The molecule has 0 saturated heterocycles. The van der Waals surface area contributed by atoms with Gasteiger partial charge in [0.05, 0.1) is 5.56 Å². The largest absolute Gasteiger partial charge is 0.478 e. The minimum Gasteiger partial charge on any atom is -0.478 e. The van der Waals surface area contributed by atoms with Crippen LogP contribution in [0.1, 0.15) is 34.5 Å². The Morgan fingerprint density at radius 2 is 2.15 bits per heavy atom. The van der Waals surface area contributed by atoms with Crippen LogP contribution in [0.2, 0.25) is 0 Å². The Labute approximate surface area is 77.2 Å². The molecule has 0 aromatic heterocycles. The van der Waals surface area contributed by atoms with Crippen molar-refractivity contribution >= 4 is 5.97 Å². The van der Waals surface area contributed by atoms with Gasteiger partial charge in [-0.15, -0.1) is 0 Å².